The van der Waals surface area contributed by atoms with Crippen LogP contribution >= 0.6 is 11.3 Å². The number of nitrogens with zero attached hydrogens (tertiary/aromatic N) is 4. The smallest absolute Gasteiger partial charge is 0.140 e. The molecule has 2 rings (SSSR count). The molecule has 6 heteroatoms. The molecule has 0 aliphatic rings. The third-order valence-electron chi connectivity index (χ3n) is 1.95. The van der Waals surface area contributed by atoms with Gasteiger partial charge in [0, 0.05) is 12.4 Å². The van der Waals surface area contributed by atoms with Gasteiger partial charge in [0.2, 0.25) is 0 Å². The second-order valence-electron chi connectivity index (χ2n) is 2.98. The highest BCUT2D eigenvalue weighted by Gasteiger charge is 2.16. The van der Waals surface area contributed by atoms with Gasteiger partial charge in [-0.1, -0.05) is 5.21 Å². The minimum Gasteiger partial charge on any atom is -0.380 e. The maximum Gasteiger partial charge on any atom is 0.140 e. The minimum atomic E-state index is -0.736. The number of hydrogen-bond donors (Lipinski definition) is 1. The van der Waals surface area contributed by atoms with Gasteiger partial charge < -0.3 is 5.11 Å². The van der Waals surface area contributed by atoms with Gasteiger partial charge in [0.25, 0.3) is 0 Å². The van der Waals surface area contributed by atoms with Gasteiger partial charge in [0.15, 0.2) is 0 Å². The lowest BCUT2D eigenvalue weighted by atomic mass is 10.2. The fourth-order valence-corrected chi connectivity index (χ4v) is 1.83. The van der Waals surface area contributed by atoms with Crippen LogP contribution in [0.2, 0.25) is 0 Å². The molecule has 0 fully saturated rings. The molecule has 0 bridgehead atoms. The number of rotatable bonds is 2. The zero-order chi connectivity index (χ0) is 10.1. The maximum absolute atomic E-state index is 9.92. The summed E-state index contributed by atoms with van der Waals surface area (Å²) in [6.45, 7) is 1.91. The molecule has 1 atom stereocenters. The third-order valence-corrected chi connectivity index (χ3v) is 2.74. The molecule has 74 valence electrons. The SMILES string of the molecule is Cc1nc(C(O)c2cnnn2C)cs1. The summed E-state index contributed by atoms with van der Waals surface area (Å²) in [5, 5.41) is 20.2. The Morgan fingerprint density at radius 1 is 1.57 bits per heavy atom. The molecule has 0 amide bonds. The second kappa shape index (κ2) is 3.47. The largest absolute Gasteiger partial charge is 0.380 e. The highest BCUT2D eigenvalue weighted by molar-refractivity contribution is 7.09. The quantitative estimate of drug-likeness (QED) is 0.791. The summed E-state index contributed by atoms with van der Waals surface area (Å²) in [4.78, 5) is 4.21. The van der Waals surface area contributed by atoms with Gasteiger partial charge >= 0.3 is 0 Å². The van der Waals surface area contributed by atoms with Crippen LogP contribution in [0.5, 0.6) is 0 Å². The monoisotopic (exact) mass is 210 g/mol. The van der Waals surface area contributed by atoms with Gasteiger partial charge in [-0.15, -0.1) is 16.4 Å². The minimum absolute atomic E-state index is 0.648. The number of aromatic nitrogens is 4. The van der Waals surface area contributed by atoms with E-state index in [2.05, 4.69) is 15.3 Å². The van der Waals surface area contributed by atoms with Gasteiger partial charge in [0.05, 0.1) is 22.6 Å². The van der Waals surface area contributed by atoms with Crippen LogP contribution in [0.25, 0.3) is 0 Å². The summed E-state index contributed by atoms with van der Waals surface area (Å²) in [6.07, 6.45) is 0.805. The summed E-state index contributed by atoms with van der Waals surface area (Å²) in [5.41, 5.74) is 1.30. The van der Waals surface area contributed by atoms with Crippen molar-refractivity contribution in [3.8, 4) is 0 Å². The summed E-state index contributed by atoms with van der Waals surface area (Å²) in [5.74, 6) is 0. The van der Waals surface area contributed by atoms with Crippen LogP contribution in [0.15, 0.2) is 11.6 Å². The molecule has 1 unspecified atom stereocenters. The van der Waals surface area contributed by atoms with Crippen molar-refractivity contribution in [1.82, 2.24) is 20.0 Å². The highest BCUT2D eigenvalue weighted by Crippen LogP contribution is 2.21. The lowest BCUT2D eigenvalue weighted by Gasteiger charge is -2.06. The lowest BCUT2D eigenvalue weighted by Crippen LogP contribution is -2.06. The van der Waals surface area contributed by atoms with E-state index in [9.17, 15) is 5.11 Å². The van der Waals surface area contributed by atoms with Crippen LogP contribution in [0.1, 0.15) is 22.5 Å². The molecule has 0 aliphatic heterocycles. The summed E-state index contributed by atoms with van der Waals surface area (Å²) >= 11 is 1.51. The van der Waals surface area contributed by atoms with E-state index in [1.807, 2.05) is 12.3 Å². The fourth-order valence-electron chi connectivity index (χ4n) is 1.20. The molecule has 2 aromatic heterocycles. The summed E-state index contributed by atoms with van der Waals surface area (Å²) in [7, 11) is 1.74. The van der Waals surface area contributed by atoms with Crippen LogP contribution in [0.4, 0.5) is 0 Å². The number of aliphatic hydroxyl groups is 1. The predicted octanol–water partition coefficient (Wildman–Crippen LogP) is 0.662. The van der Waals surface area contributed by atoms with Crippen molar-refractivity contribution in [3.05, 3.63) is 28.0 Å². The Kier molecular flexibility index (Phi) is 2.30. The Labute approximate surface area is 85.0 Å². The van der Waals surface area contributed by atoms with Crippen molar-refractivity contribution >= 4 is 11.3 Å². The Morgan fingerprint density at radius 3 is 2.86 bits per heavy atom. The van der Waals surface area contributed by atoms with Gasteiger partial charge in [-0.05, 0) is 6.92 Å². The Balaban J connectivity index is 2.33. The van der Waals surface area contributed by atoms with Gasteiger partial charge in [-0.25, -0.2) is 9.67 Å². The van der Waals surface area contributed by atoms with E-state index in [1.165, 1.54) is 11.3 Å². The Hall–Kier alpha value is -1.27. The molecule has 2 heterocycles. The van der Waals surface area contributed by atoms with Crippen molar-refractivity contribution < 1.29 is 5.11 Å². The summed E-state index contributed by atoms with van der Waals surface area (Å²) in [6, 6.07) is 0. The van der Waals surface area contributed by atoms with Gasteiger partial charge in [-0.2, -0.15) is 0 Å². The van der Waals surface area contributed by atoms with E-state index in [4.69, 9.17) is 0 Å². The number of aliphatic hydroxyl groups excluding tert-OH is 1. The molecule has 14 heavy (non-hydrogen) atoms. The molecular formula is C8H10N4OS. The highest BCUT2D eigenvalue weighted by atomic mass is 32.1. The molecule has 0 saturated heterocycles. The summed E-state index contributed by atoms with van der Waals surface area (Å²) < 4.78 is 1.54. The van der Waals surface area contributed by atoms with Crippen LogP contribution in [0, 0.1) is 6.92 Å². The van der Waals surface area contributed by atoms with Crippen molar-refractivity contribution in [1.29, 1.82) is 0 Å². The second-order valence-corrected chi connectivity index (χ2v) is 4.04. The molecule has 0 saturated carbocycles. The van der Waals surface area contributed by atoms with Crippen molar-refractivity contribution in [2.45, 2.75) is 13.0 Å². The average Bonchev–Trinajstić information content (AvgIpc) is 2.73. The first-order valence-electron chi connectivity index (χ1n) is 4.13. The van der Waals surface area contributed by atoms with Crippen LogP contribution in [-0.4, -0.2) is 25.1 Å². The molecule has 0 aliphatic carbocycles. The Morgan fingerprint density at radius 2 is 2.36 bits per heavy atom. The van der Waals surface area contributed by atoms with Crippen LogP contribution in [0.3, 0.4) is 0 Å². The van der Waals surface area contributed by atoms with Crippen LogP contribution < -0.4 is 0 Å². The molecule has 0 aromatic carbocycles. The number of hydrogen-bond acceptors (Lipinski definition) is 5. The van der Waals surface area contributed by atoms with E-state index < -0.39 is 6.10 Å². The van der Waals surface area contributed by atoms with Crippen LogP contribution in [-0.2, 0) is 7.05 Å². The molecular weight excluding hydrogens is 200 g/mol. The van der Waals surface area contributed by atoms with E-state index in [0.29, 0.717) is 11.4 Å². The van der Waals surface area contributed by atoms with Gasteiger partial charge in [0.1, 0.15) is 6.10 Å². The molecule has 1 N–H and O–H groups in total. The van der Waals surface area contributed by atoms with Crippen molar-refractivity contribution in [2.24, 2.45) is 7.05 Å². The first kappa shape index (κ1) is 9.29. The van der Waals surface area contributed by atoms with E-state index in [0.717, 1.165) is 5.01 Å². The third kappa shape index (κ3) is 1.53. The number of aryl methyl sites for hydroxylation is 2. The van der Waals surface area contributed by atoms with E-state index in [1.54, 1.807) is 17.9 Å². The van der Waals surface area contributed by atoms with Gasteiger partial charge in [-0.3, -0.25) is 0 Å². The van der Waals surface area contributed by atoms with Crippen molar-refractivity contribution in [3.63, 3.8) is 0 Å². The molecule has 0 spiro atoms. The molecule has 0 radical (unpaired) electrons. The topological polar surface area (TPSA) is 63.8 Å². The first-order valence-corrected chi connectivity index (χ1v) is 5.01. The first-order chi connectivity index (χ1) is 6.68. The van der Waals surface area contributed by atoms with E-state index in [-0.39, 0.29) is 0 Å². The zero-order valence-corrected chi connectivity index (χ0v) is 8.69. The molecule has 2 aromatic rings. The Bertz CT molecular complexity index is 436. The lowest BCUT2D eigenvalue weighted by molar-refractivity contribution is 0.205. The van der Waals surface area contributed by atoms with Crippen molar-refractivity contribution in [2.75, 3.05) is 0 Å². The standard InChI is InChI=1S/C8H10N4OS/c1-5-10-6(4-14-5)8(13)7-3-9-11-12(7)2/h3-4,8,13H,1-2H3. The average molecular weight is 210 g/mol. The predicted molar refractivity (Wildman–Crippen MR) is 51.9 cm³/mol. The van der Waals surface area contributed by atoms with E-state index >= 15 is 0 Å². The number of thiazole rings is 1. The fraction of sp³-hybridized carbons (Fsp3) is 0.375. The maximum atomic E-state index is 9.92. The molecule has 5 nitrogen and oxygen atoms in total. The normalized spacial score (nSPS) is 13.1. The zero-order valence-electron chi connectivity index (χ0n) is 7.88.